The highest BCUT2D eigenvalue weighted by Gasteiger charge is 2.09. The number of rotatable bonds is 8. The number of nitrogens with zero attached hydrogens (tertiary/aromatic N) is 4. The van der Waals surface area contributed by atoms with Gasteiger partial charge in [-0.15, -0.1) is 24.0 Å². The Bertz CT molecular complexity index is 775. The van der Waals surface area contributed by atoms with E-state index in [9.17, 15) is 4.79 Å². The fourth-order valence-electron chi connectivity index (χ4n) is 2.33. The van der Waals surface area contributed by atoms with Crippen LogP contribution in [0.5, 0.6) is 0 Å². The molecular formula is C19H29IN6O2. The third-order valence-electron chi connectivity index (χ3n) is 3.79. The van der Waals surface area contributed by atoms with Crippen LogP contribution >= 0.6 is 24.0 Å². The first-order valence-electron chi connectivity index (χ1n) is 9.17. The molecule has 0 aliphatic rings. The number of carbonyl (C=O) groups excluding carboxylic acids is 1. The third kappa shape index (κ3) is 7.45. The first kappa shape index (κ1) is 23.9. The van der Waals surface area contributed by atoms with E-state index >= 15 is 0 Å². The number of aryl methyl sites for hydroxylation is 1. The SMILES string of the molecule is CCCc1noc(-c2cccc(CN=C(NCC)NCC(=O)N(C)C)c2)n1.I. The van der Waals surface area contributed by atoms with E-state index in [1.165, 1.54) is 4.90 Å². The highest BCUT2D eigenvalue weighted by molar-refractivity contribution is 14.0. The van der Waals surface area contributed by atoms with E-state index in [-0.39, 0.29) is 36.4 Å². The second-order valence-electron chi connectivity index (χ2n) is 6.30. The Hall–Kier alpha value is -2.17. The summed E-state index contributed by atoms with van der Waals surface area (Å²) in [5.41, 5.74) is 1.89. The number of aliphatic imine (C=N–C) groups is 1. The zero-order chi connectivity index (χ0) is 19.6. The summed E-state index contributed by atoms with van der Waals surface area (Å²) >= 11 is 0. The maximum Gasteiger partial charge on any atom is 0.257 e. The average Bonchev–Trinajstić information content (AvgIpc) is 3.13. The van der Waals surface area contributed by atoms with Crippen molar-refractivity contribution in [1.29, 1.82) is 0 Å². The minimum absolute atomic E-state index is 0. The van der Waals surface area contributed by atoms with Crippen LogP contribution in [0, 0.1) is 0 Å². The Morgan fingerprint density at radius 1 is 1.25 bits per heavy atom. The van der Waals surface area contributed by atoms with Gasteiger partial charge in [0.2, 0.25) is 5.91 Å². The molecule has 1 heterocycles. The molecule has 0 atom stereocenters. The molecule has 9 heteroatoms. The van der Waals surface area contributed by atoms with Crippen molar-refractivity contribution in [3.8, 4) is 11.5 Å². The monoisotopic (exact) mass is 500 g/mol. The Kier molecular flexibility index (Phi) is 10.5. The Balaban J connectivity index is 0.00000392. The first-order chi connectivity index (χ1) is 13.0. The molecule has 2 aromatic rings. The normalized spacial score (nSPS) is 10.9. The maximum atomic E-state index is 11.7. The standard InChI is InChI=1S/C19H28N6O2.HI/c1-5-8-16-23-18(27-24-16)15-10-7-9-14(11-15)12-21-19(20-6-2)22-13-17(26)25(3)4;/h7,9-11H,5-6,8,12-13H2,1-4H3,(H2,20,21,22);1H. The molecule has 0 bridgehead atoms. The number of likely N-dealkylation sites (N-methyl/N-ethyl adjacent to an activating group) is 1. The highest BCUT2D eigenvalue weighted by Crippen LogP contribution is 2.19. The smallest absolute Gasteiger partial charge is 0.257 e. The van der Waals surface area contributed by atoms with Crippen LogP contribution in [0.15, 0.2) is 33.8 Å². The summed E-state index contributed by atoms with van der Waals surface area (Å²) in [6.45, 7) is 5.44. The van der Waals surface area contributed by atoms with Crippen molar-refractivity contribution >= 4 is 35.8 Å². The number of hydrogen-bond acceptors (Lipinski definition) is 5. The summed E-state index contributed by atoms with van der Waals surface area (Å²) in [7, 11) is 3.45. The largest absolute Gasteiger partial charge is 0.357 e. The van der Waals surface area contributed by atoms with Gasteiger partial charge in [-0.2, -0.15) is 4.98 Å². The lowest BCUT2D eigenvalue weighted by molar-refractivity contribution is -0.127. The van der Waals surface area contributed by atoms with Crippen LogP contribution in [-0.4, -0.2) is 54.1 Å². The van der Waals surface area contributed by atoms with Gasteiger partial charge in [-0.05, 0) is 31.0 Å². The fraction of sp³-hybridized carbons (Fsp3) is 0.474. The summed E-state index contributed by atoms with van der Waals surface area (Å²) in [5.74, 6) is 1.83. The summed E-state index contributed by atoms with van der Waals surface area (Å²) in [4.78, 5) is 22.2. The fourth-order valence-corrected chi connectivity index (χ4v) is 2.33. The van der Waals surface area contributed by atoms with Gasteiger partial charge in [-0.3, -0.25) is 4.79 Å². The van der Waals surface area contributed by atoms with Crippen molar-refractivity contribution in [2.24, 2.45) is 4.99 Å². The van der Waals surface area contributed by atoms with Gasteiger partial charge in [-0.25, -0.2) is 4.99 Å². The highest BCUT2D eigenvalue weighted by atomic mass is 127. The number of guanidine groups is 1. The Morgan fingerprint density at radius 3 is 2.71 bits per heavy atom. The molecule has 0 radical (unpaired) electrons. The number of hydrogen-bond donors (Lipinski definition) is 2. The summed E-state index contributed by atoms with van der Waals surface area (Å²) in [5, 5.41) is 10.2. The van der Waals surface area contributed by atoms with E-state index in [2.05, 4.69) is 32.7 Å². The molecule has 154 valence electrons. The summed E-state index contributed by atoms with van der Waals surface area (Å²) in [6, 6.07) is 7.86. The molecule has 0 spiro atoms. The van der Waals surface area contributed by atoms with Crippen LogP contribution in [0.2, 0.25) is 0 Å². The average molecular weight is 500 g/mol. The molecule has 0 aliphatic carbocycles. The lowest BCUT2D eigenvalue weighted by Gasteiger charge is -2.14. The molecular weight excluding hydrogens is 471 g/mol. The maximum absolute atomic E-state index is 11.7. The predicted octanol–water partition coefficient (Wildman–Crippen LogP) is 2.45. The van der Waals surface area contributed by atoms with E-state index in [0.29, 0.717) is 24.9 Å². The molecule has 2 rings (SSSR count). The molecule has 0 unspecified atom stereocenters. The van der Waals surface area contributed by atoms with Crippen molar-refractivity contribution < 1.29 is 9.32 Å². The van der Waals surface area contributed by atoms with Gasteiger partial charge in [0.1, 0.15) is 0 Å². The van der Waals surface area contributed by atoms with Crippen molar-refractivity contribution in [3.63, 3.8) is 0 Å². The van der Waals surface area contributed by atoms with Gasteiger partial charge in [-0.1, -0.05) is 24.2 Å². The second kappa shape index (κ2) is 12.3. The first-order valence-corrected chi connectivity index (χ1v) is 9.17. The zero-order valence-corrected chi connectivity index (χ0v) is 19.2. The van der Waals surface area contributed by atoms with Crippen molar-refractivity contribution in [2.75, 3.05) is 27.2 Å². The van der Waals surface area contributed by atoms with Crippen LogP contribution in [0.25, 0.3) is 11.5 Å². The van der Waals surface area contributed by atoms with Gasteiger partial charge in [0.15, 0.2) is 11.8 Å². The van der Waals surface area contributed by atoms with Crippen LogP contribution in [0.3, 0.4) is 0 Å². The lowest BCUT2D eigenvalue weighted by Crippen LogP contribution is -2.42. The van der Waals surface area contributed by atoms with Gasteiger partial charge in [0.25, 0.3) is 5.89 Å². The molecule has 2 N–H and O–H groups in total. The number of carbonyl (C=O) groups is 1. The molecule has 28 heavy (non-hydrogen) atoms. The predicted molar refractivity (Wildman–Crippen MR) is 121 cm³/mol. The topological polar surface area (TPSA) is 95.7 Å². The van der Waals surface area contributed by atoms with Gasteiger partial charge >= 0.3 is 0 Å². The van der Waals surface area contributed by atoms with Crippen LogP contribution in [0.4, 0.5) is 0 Å². The van der Waals surface area contributed by atoms with Gasteiger partial charge in [0, 0.05) is 32.6 Å². The second-order valence-corrected chi connectivity index (χ2v) is 6.30. The minimum atomic E-state index is -0.0122. The Labute approximate surface area is 183 Å². The quantitative estimate of drug-likeness (QED) is 0.329. The van der Waals surface area contributed by atoms with E-state index in [0.717, 1.165) is 29.8 Å². The van der Waals surface area contributed by atoms with Crippen molar-refractivity contribution in [3.05, 3.63) is 35.7 Å². The molecule has 0 saturated carbocycles. The number of nitrogens with one attached hydrogen (secondary N) is 2. The lowest BCUT2D eigenvalue weighted by atomic mass is 10.1. The van der Waals surface area contributed by atoms with Crippen LogP contribution in [-0.2, 0) is 17.8 Å². The molecule has 1 aromatic heterocycles. The van der Waals surface area contributed by atoms with E-state index < -0.39 is 0 Å². The van der Waals surface area contributed by atoms with Crippen molar-refractivity contribution in [1.82, 2.24) is 25.7 Å². The molecule has 8 nitrogen and oxygen atoms in total. The van der Waals surface area contributed by atoms with E-state index in [4.69, 9.17) is 4.52 Å². The number of benzene rings is 1. The molecule has 1 amide bonds. The summed E-state index contributed by atoms with van der Waals surface area (Å²) in [6.07, 6.45) is 1.78. The summed E-state index contributed by atoms with van der Waals surface area (Å²) < 4.78 is 5.35. The number of aromatic nitrogens is 2. The molecule has 1 aromatic carbocycles. The van der Waals surface area contributed by atoms with Gasteiger partial charge < -0.3 is 20.1 Å². The zero-order valence-electron chi connectivity index (χ0n) is 16.9. The minimum Gasteiger partial charge on any atom is -0.357 e. The van der Waals surface area contributed by atoms with Crippen LogP contribution in [0.1, 0.15) is 31.7 Å². The molecule has 0 saturated heterocycles. The van der Waals surface area contributed by atoms with Crippen LogP contribution < -0.4 is 10.6 Å². The molecule has 0 aliphatic heterocycles. The van der Waals surface area contributed by atoms with Crippen molar-refractivity contribution in [2.45, 2.75) is 33.2 Å². The number of halogens is 1. The van der Waals surface area contributed by atoms with E-state index in [1.807, 2.05) is 31.2 Å². The Morgan fingerprint density at radius 2 is 2.04 bits per heavy atom. The van der Waals surface area contributed by atoms with E-state index in [1.54, 1.807) is 14.1 Å². The number of amides is 1. The van der Waals surface area contributed by atoms with Gasteiger partial charge in [0.05, 0.1) is 13.1 Å². The molecule has 0 fully saturated rings. The third-order valence-corrected chi connectivity index (χ3v) is 3.79.